The van der Waals surface area contributed by atoms with Gasteiger partial charge in [-0.15, -0.1) is 0 Å². The maximum Gasteiger partial charge on any atom is 0.273 e. The second-order valence-corrected chi connectivity index (χ2v) is 9.40. The number of benzene rings is 1. The summed E-state index contributed by atoms with van der Waals surface area (Å²) in [5, 5.41) is 7.93. The van der Waals surface area contributed by atoms with E-state index in [0.29, 0.717) is 18.1 Å². The number of carbonyl (C=O) groups excluding carboxylic acids is 1. The lowest BCUT2D eigenvalue weighted by molar-refractivity contribution is -0.823. The molecule has 34 heavy (non-hydrogen) atoms. The second-order valence-electron chi connectivity index (χ2n) is 9.40. The standard InChI is InChI=1S/C24H30N8O2/c1-30-9-11-31(12-10-30)16-6-8-19(34-4)18(13-16)27-24-26-14-15-5-7-17-21(23(25)33)29-32(2,3)22(17)20(15)28-24/h6,8,13-14H,5,7,9-12H2,1-4H3,(H2-,25,26,27,28,33)/p+1. The number of nitrogens with one attached hydrogen (secondary N) is 1. The zero-order valence-electron chi connectivity index (χ0n) is 20.1. The van der Waals surface area contributed by atoms with Gasteiger partial charge in [0.1, 0.15) is 11.4 Å². The van der Waals surface area contributed by atoms with Gasteiger partial charge in [-0.1, -0.05) is 5.10 Å². The molecule has 0 radical (unpaired) electrons. The molecule has 10 nitrogen and oxygen atoms in total. The molecule has 3 aliphatic rings. The summed E-state index contributed by atoms with van der Waals surface area (Å²) in [5.74, 6) is 0.682. The monoisotopic (exact) mass is 463 g/mol. The van der Waals surface area contributed by atoms with E-state index in [1.54, 1.807) is 7.11 Å². The van der Waals surface area contributed by atoms with Crippen LogP contribution in [0.3, 0.4) is 0 Å². The molecule has 1 aromatic carbocycles. The fourth-order valence-electron chi connectivity index (χ4n) is 4.93. The molecule has 0 spiro atoms. The van der Waals surface area contributed by atoms with Crippen molar-refractivity contribution < 1.29 is 14.1 Å². The number of carbonyl (C=O) groups is 1. The average Bonchev–Trinajstić information content (AvgIpc) is 3.11. The third-order valence-electron chi connectivity index (χ3n) is 6.73. The Balaban J connectivity index is 1.48. The van der Waals surface area contributed by atoms with Crippen molar-refractivity contribution in [2.75, 3.05) is 64.6 Å². The molecular weight excluding hydrogens is 432 g/mol. The molecule has 0 unspecified atom stereocenters. The van der Waals surface area contributed by atoms with Crippen LogP contribution in [0.4, 0.5) is 17.3 Å². The molecule has 0 atom stereocenters. The number of nitrogens with two attached hydrogens (primary N) is 1. The minimum atomic E-state index is -0.502. The zero-order valence-corrected chi connectivity index (χ0v) is 20.1. The quantitative estimate of drug-likeness (QED) is 0.648. The number of amides is 1. The van der Waals surface area contributed by atoms with E-state index >= 15 is 0 Å². The molecule has 10 heteroatoms. The van der Waals surface area contributed by atoms with Gasteiger partial charge in [-0.2, -0.15) is 4.59 Å². The molecule has 0 bridgehead atoms. The number of aryl methyl sites for hydroxylation is 1. The van der Waals surface area contributed by atoms with Crippen molar-refractivity contribution in [3.05, 3.63) is 41.2 Å². The van der Waals surface area contributed by atoms with E-state index < -0.39 is 5.91 Å². The van der Waals surface area contributed by atoms with Crippen molar-refractivity contribution in [3.63, 3.8) is 0 Å². The maximum atomic E-state index is 12.0. The number of piperazine rings is 1. The Bertz CT molecular complexity index is 1210. The summed E-state index contributed by atoms with van der Waals surface area (Å²) in [4.78, 5) is 26.1. The summed E-state index contributed by atoms with van der Waals surface area (Å²) in [5.41, 5.74) is 11.5. The minimum absolute atomic E-state index is 0.180. The largest absolute Gasteiger partial charge is 0.495 e. The molecule has 2 aliphatic heterocycles. The number of methoxy groups -OCH3 is 1. The SMILES string of the molecule is COc1ccc(N2CCN(C)CC2)cc1Nc1ncc2c(n1)C1=C(CC2)C(C(N)=O)=N[N+]1(C)C. The number of rotatable bonds is 5. The van der Waals surface area contributed by atoms with Gasteiger partial charge in [-0.25, -0.2) is 9.97 Å². The number of hydrogen-bond donors (Lipinski definition) is 2. The molecule has 0 saturated carbocycles. The van der Waals surface area contributed by atoms with Gasteiger partial charge in [0.15, 0.2) is 11.4 Å². The Morgan fingerprint density at radius 3 is 2.65 bits per heavy atom. The molecule has 178 valence electrons. The van der Waals surface area contributed by atoms with Crippen molar-refractivity contribution in [1.82, 2.24) is 14.9 Å². The van der Waals surface area contributed by atoms with Gasteiger partial charge in [0.05, 0.1) is 32.5 Å². The lowest BCUT2D eigenvalue weighted by atomic mass is 9.91. The molecule has 1 amide bonds. The summed E-state index contributed by atoms with van der Waals surface area (Å²) in [6, 6.07) is 6.14. The molecular formula is C24H31N8O2+. The fourth-order valence-corrected chi connectivity index (χ4v) is 4.93. The predicted octanol–water partition coefficient (Wildman–Crippen LogP) is 1.57. The molecule has 3 heterocycles. The molecule has 1 saturated heterocycles. The highest BCUT2D eigenvalue weighted by atomic mass is 16.5. The van der Waals surface area contributed by atoms with Crippen LogP contribution in [0.5, 0.6) is 5.75 Å². The van der Waals surface area contributed by atoms with Crippen molar-refractivity contribution in [3.8, 4) is 5.75 Å². The Morgan fingerprint density at radius 2 is 1.94 bits per heavy atom. The third-order valence-corrected chi connectivity index (χ3v) is 6.73. The van der Waals surface area contributed by atoms with Gasteiger partial charge in [0.2, 0.25) is 5.95 Å². The first-order chi connectivity index (χ1) is 16.3. The topological polar surface area (TPSA) is 109 Å². The Kier molecular flexibility index (Phi) is 5.49. The summed E-state index contributed by atoms with van der Waals surface area (Å²) in [6.45, 7) is 4.01. The van der Waals surface area contributed by atoms with Gasteiger partial charge in [0.25, 0.3) is 5.91 Å². The van der Waals surface area contributed by atoms with Crippen molar-refractivity contribution in [2.24, 2.45) is 10.8 Å². The van der Waals surface area contributed by atoms with E-state index in [4.69, 9.17) is 15.5 Å². The molecule has 5 rings (SSSR count). The highest BCUT2D eigenvalue weighted by Gasteiger charge is 2.43. The third kappa shape index (κ3) is 3.88. The number of primary amides is 1. The van der Waals surface area contributed by atoms with Crippen LogP contribution in [-0.4, -0.2) is 85.5 Å². The first-order valence-corrected chi connectivity index (χ1v) is 11.5. The first-order valence-electron chi connectivity index (χ1n) is 11.5. The summed E-state index contributed by atoms with van der Waals surface area (Å²) >= 11 is 0. The molecule has 1 aromatic heterocycles. The van der Waals surface area contributed by atoms with E-state index in [1.807, 2.05) is 26.4 Å². The van der Waals surface area contributed by atoms with Gasteiger partial charge in [0, 0.05) is 43.6 Å². The number of nitrogens with zero attached hydrogens (tertiary/aromatic N) is 6. The van der Waals surface area contributed by atoms with Gasteiger partial charge < -0.3 is 25.6 Å². The summed E-state index contributed by atoms with van der Waals surface area (Å²) in [7, 11) is 7.66. The van der Waals surface area contributed by atoms with Crippen molar-refractivity contribution >= 4 is 34.6 Å². The number of aromatic nitrogens is 2. The molecule has 3 N–H and O–H groups in total. The highest BCUT2D eigenvalue weighted by Crippen LogP contribution is 2.41. The van der Waals surface area contributed by atoms with E-state index in [2.05, 4.69) is 44.4 Å². The molecule has 2 aromatic rings. The number of fused-ring (bicyclic) bond motifs is 2. The van der Waals surface area contributed by atoms with Crippen LogP contribution in [0.2, 0.25) is 0 Å². The van der Waals surface area contributed by atoms with E-state index in [1.165, 1.54) is 0 Å². The highest BCUT2D eigenvalue weighted by molar-refractivity contribution is 6.46. The number of anilines is 3. The molecule has 1 fully saturated rings. The first kappa shape index (κ1) is 22.3. The second kappa shape index (κ2) is 8.37. The van der Waals surface area contributed by atoms with Crippen molar-refractivity contribution in [2.45, 2.75) is 12.8 Å². The molecule has 1 aliphatic carbocycles. The lowest BCUT2D eigenvalue weighted by Gasteiger charge is -2.34. The van der Waals surface area contributed by atoms with Crippen molar-refractivity contribution in [1.29, 1.82) is 0 Å². The Labute approximate surface area is 199 Å². The van der Waals surface area contributed by atoms with E-state index in [-0.39, 0.29) is 4.59 Å². The Morgan fingerprint density at radius 1 is 1.18 bits per heavy atom. The number of likely N-dealkylation sites (N-methyl/N-ethyl adjacent to an activating group) is 1. The normalized spacial score (nSPS) is 19.4. The number of hydrogen-bond acceptors (Lipinski definition) is 8. The summed E-state index contributed by atoms with van der Waals surface area (Å²) < 4.78 is 5.79. The summed E-state index contributed by atoms with van der Waals surface area (Å²) in [6.07, 6.45) is 3.29. The van der Waals surface area contributed by atoms with Crippen LogP contribution in [0.25, 0.3) is 5.70 Å². The smallest absolute Gasteiger partial charge is 0.273 e. The van der Waals surface area contributed by atoms with Crippen LogP contribution in [0.1, 0.15) is 17.7 Å². The predicted molar refractivity (Wildman–Crippen MR) is 132 cm³/mol. The average molecular weight is 464 g/mol. The maximum absolute atomic E-state index is 12.0. The number of quaternary nitrogens is 1. The lowest BCUT2D eigenvalue weighted by Crippen LogP contribution is -2.44. The fraction of sp³-hybridized carbons (Fsp3) is 0.417. The van der Waals surface area contributed by atoms with Crippen LogP contribution < -0.4 is 20.7 Å². The van der Waals surface area contributed by atoms with E-state index in [0.717, 1.165) is 72.3 Å². The Hall–Kier alpha value is -3.50. The van der Waals surface area contributed by atoms with Gasteiger partial charge in [-0.05, 0) is 38.1 Å². The van der Waals surface area contributed by atoms with Crippen LogP contribution in [0, 0.1) is 0 Å². The number of ether oxygens (including phenoxy) is 1. The van der Waals surface area contributed by atoms with Gasteiger partial charge in [-0.3, -0.25) is 4.79 Å². The van der Waals surface area contributed by atoms with Crippen LogP contribution in [-0.2, 0) is 11.2 Å². The minimum Gasteiger partial charge on any atom is -0.495 e. The van der Waals surface area contributed by atoms with Crippen LogP contribution in [0.15, 0.2) is 35.1 Å². The van der Waals surface area contributed by atoms with Gasteiger partial charge >= 0.3 is 0 Å². The van der Waals surface area contributed by atoms with Crippen LogP contribution >= 0.6 is 0 Å². The van der Waals surface area contributed by atoms with E-state index in [9.17, 15) is 4.79 Å². The zero-order chi connectivity index (χ0) is 24.0.